The zero-order valence-electron chi connectivity index (χ0n) is 21.2. The van der Waals surface area contributed by atoms with Crippen molar-refractivity contribution in [3.05, 3.63) is 24.3 Å². The van der Waals surface area contributed by atoms with E-state index in [-0.39, 0.29) is 19.2 Å². The number of ether oxygens (including phenoxy) is 1. The number of anilines is 3. The minimum absolute atomic E-state index is 0.111. The minimum atomic E-state index is -4.39. The summed E-state index contributed by atoms with van der Waals surface area (Å²) in [5.41, 5.74) is 2.00. The van der Waals surface area contributed by atoms with Crippen LogP contribution in [-0.2, 0) is 17.8 Å². The number of halogens is 3. The van der Waals surface area contributed by atoms with E-state index >= 15 is 0 Å². The van der Waals surface area contributed by atoms with Crippen LogP contribution in [-0.4, -0.2) is 106 Å². The van der Waals surface area contributed by atoms with Crippen molar-refractivity contribution in [3.8, 4) is 0 Å². The molecule has 2 aliphatic rings. The molecule has 0 bridgehead atoms. The molecule has 2 aliphatic heterocycles. The number of hydrogen-bond acceptors (Lipinski definition) is 11. The van der Waals surface area contributed by atoms with Gasteiger partial charge in [0.2, 0.25) is 5.95 Å². The molecule has 15 heteroatoms. The smallest absolute Gasteiger partial charge is 0.370 e. The third kappa shape index (κ3) is 6.64. The van der Waals surface area contributed by atoms with Crippen LogP contribution < -0.4 is 20.9 Å². The summed E-state index contributed by atoms with van der Waals surface area (Å²) in [5.74, 6) is 1.57. The second kappa shape index (κ2) is 11.7. The van der Waals surface area contributed by atoms with E-state index in [0.29, 0.717) is 35.2 Å². The Kier molecular flexibility index (Phi) is 8.16. The summed E-state index contributed by atoms with van der Waals surface area (Å²) in [6.07, 6.45) is -1.35. The van der Waals surface area contributed by atoms with Crippen molar-refractivity contribution in [2.75, 3.05) is 69.2 Å². The van der Waals surface area contributed by atoms with E-state index in [2.05, 4.69) is 42.6 Å². The normalized spacial score (nSPS) is 19.3. The van der Waals surface area contributed by atoms with Crippen molar-refractivity contribution in [3.63, 3.8) is 0 Å². The highest BCUT2D eigenvalue weighted by Crippen LogP contribution is 2.29. The topological polar surface area (TPSA) is 121 Å². The Morgan fingerprint density at radius 3 is 2.74 bits per heavy atom. The van der Waals surface area contributed by atoms with Crippen LogP contribution in [0.5, 0.6) is 0 Å². The van der Waals surface area contributed by atoms with Gasteiger partial charge in [0, 0.05) is 64.6 Å². The SMILES string of the molecule is C[C@@H]1CN(c2nc(Nc3ccncn3)c3c(n2)c(CN2CCNCC2)nn3CCOCC(F)(F)F)CCN1. The van der Waals surface area contributed by atoms with E-state index in [1.54, 1.807) is 16.9 Å². The summed E-state index contributed by atoms with van der Waals surface area (Å²) in [4.78, 5) is 22.5. The number of nitrogens with zero attached hydrogens (tertiary/aromatic N) is 8. The quantitative estimate of drug-likeness (QED) is 0.342. The van der Waals surface area contributed by atoms with Gasteiger partial charge in [0.25, 0.3) is 0 Å². The number of aromatic nitrogens is 6. The van der Waals surface area contributed by atoms with Crippen LogP contribution in [0, 0.1) is 0 Å². The first-order valence-corrected chi connectivity index (χ1v) is 12.7. The minimum Gasteiger partial charge on any atom is -0.370 e. The summed E-state index contributed by atoms with van der Waals surface area (Å²) in [6.45, 7) is 7.09. The molecule has 5 rings (SSSR count). The summed E-state index contributed by atoms with van der Waals surface area (Å²) < 4.78 is 44.5. The van der Waals surface area contributed by atoms with Crippen molar-refractivity contribution in [1.29, 1.82) is 0 Å². The molecule has 0 aliphatic carbocycles. The van der Waals surface area contributed by atoms with Gasteiger partial charge < -0.3 is 25.6 Å². The van der Waals surface area contributed by atoms with E-state index < -0.39 is 12.8 Å². The highest BCUT2D eigenvalue weighted by atomic mass is 19.4. The predicted molar refractivity (Wildman–Crippen MR) is 135 cm³/mol. The summed E-state index contributed by atoms with van der Waals surface area (Å²) in [7, 11) is 0. The maximum atomic E-state index is 12.6. The predicted octanol–water partition coefficient (Wildman–Crippen LogP) is 1.14. The Bertz CT molecular complexity index is 1200. The highest BCUT2D eigenvalue weighted by molar-refractivity contribution is 5.90. The fraction of sp³-hybridized carbons (Fsp3) is 0.609. The zero-order valence-corrected chi connectivity index (χ0v) is 21.2. The molecule has 3 aromatic rings. The fourth-order valence-corrected chi connectivity index (χ4v) is 4.65. The molecule has 0 saturated carbocycles. The van der Waals surface area contributed by atoms with Gasteiger partial charge in [-0.1, -0.05) is 0 Å². The number of fused-ring (bicyclic) bond motifs is 1. The van der Waals surface area contributed by atoms with E-state index in [9.17, 15) is 13.2 Å². The third-order valence-electron chi connectivity index (χ3n) is 6.42. The number of nitrogens with one attached hydrogen (secondary N) is 3. The number of hydrogen-bond donors (Lipinski definition) is 3. The molecule has 1 atom stereocenters. The first-order chi connectivity index (χ1) is 18.4. The highest BCUT2D eigenvalue weighted by Gasteiger charge is 2.28. The van der Waals surface area contributed by atoms with Gasteiger partial charge in [-0.2, -0.15) is 23.3 Å². The molecule has 0 aromatic carbocycles. The van der Waals surface area contributed by atoms with E-state index in [1.807, 2.05) is 0 Å². The van der Waals surface area contributed by atoms with Crippen LogP contribution in [0.3, 0.4) is 0 Å². The molecule has 0 amide bonds. The molecule has 206 valence electrons. The van der Waals surface area contributed by atoms with Gasteiger partial charge in [0.1, 0.15) is 35.5 Å². The van der Waals surface area contributed by atoms with E-state index in [1.165, 1.54) is 6.33 Å². The van der Waals surface area contributed by atoms with Gasteiger partial charge in [-0.25, -0.2) is 15.0 Å². The van der Waals surface area contributed by atoms with Crippen LogP contribution in [0.4, 0.5) is 30.8 Å². The molecule has 38 heavy (non-hydrogen) atoms. The third-order valence-corrected chi connectivity index (χ3v) is 6.42. The van der Waals surface area contributed by atoms with Gasteiger partial charge >= 0.3 is 6.18 Å². The Balaban J connectivity index is 1.54. The average molecular weight is 536 g/mol. The molecule has 0 unspecified atom stereocenters. The first-order valence-electron chi connectivity index (χ1n) is 12.7. The first kappa shape index (κ1) is 26.5. The summed E-state index contributed by atoms with van der Waals surface area (Å²) in [5, 5.41) is 14.8. The van der Waals surface area contributed by atoms with Crippen molar-refractivity contribution in [2.24, 2.45) is 0 Å². The summed E-state index contributed by atoms with van der Waals surface area (Å²) in [6, 6.07) is 1.99. The molecular weight excluding hydrogens is 503 g/mol. The molecular formula is C23H32F3N11O. The van der Waals surface area contributed by atoms with Crippen LogP contribution in [0.2, 0.25) is 0 Å². The van der Waals surface area contributed by atoms with Gasteiger partial charge in [0.15, 0.2) is 5.82 Å². The molecule has 0 radical (unpaired) electrons. The van der Waals surface area contributed by atoms with Crippen molar-refractivity contribution >= 4 is 28.6 Å². The van der Waals surface area contributed by atoms with Crippen molar-refractivity contribution in [1.82, 2.24) is 45.2 Å². The maximum absolute atomic E-state index is 12.6. The van der Waals surface area contributed by atoms with E-state index in [0.717, 1.165) is 51.5 Å². The maximum Gasteiger partial charge on any atom is 0.411 e. The number of alkyl halides is 3. The standard InChI is InChI=1S/C23H32F3N11O/c1-16-12-36(9-6-29-16)22-32-19-17(13-35-7-4-27-5-8-35)34-37(10-11-38-14-23(24,25)26)20(19)21(33-22)31-18-2-3-28-15-30-18/h2-3,15-16,27,29H,4-14H2,1H3,(H,28,30,31,32,33)/t16-/m1/s1. The largest absolute Gasteiger partial charge is 0.411 e. The molecule has 0 spiro atoms. The van der Waals surface area contributed by atoms with Gasteiger partial charge in [-0.15, -0.1) is 0 Å². The molecule has 3 aromatic heterocycles. The number of piperazine rings is 2. The fourth-order valence-electron chi connectivity index (χ4n) is 4.65. The Labute approximate surface area is 218 Å². The van der Waals surface area contributed by atoms with Crippen LogP contribution in [0.25, 0.3) is 11.0 Å². The summed E-state index contributed by atoms with van der Waals surface area (Å²) >= 11 is 0. The van der Waals surface area contributed by atoms with Crippen LogP contribution >= 0.6 is 0 Å². The molecule has 5 heterocycles. The van der Waals surface area contributed by atoms with Crippen LogP contribution in [0.1, 0.15) is 12.6 Å². The lowest BCUT2D eigenvalue weighted by Crippen LogP contribution is -2.49. The lowest BCUT2D eigenvalue weighted by Gasteiger charge is -2.32. The second-order valence-electron chi connectivity index (χ2n) is 9.45. The Hall–Kier alpha value is -3.14. The molecule has 12 nitrogen and oxygen atoms in total. The second-order valence-corrected chi connectivity index (χ2v) is 9.45. The van der Waals surface area contributed by atoms with Gasteiger partial charge in [-0.3, -0.25) is 9.58 Å². The lowest BCUT2D eigenvalue weighted by atomic mass is 10.2. The van der Waals surface area contributed by atoms with E-state index in [4.69, 9.17) is 19.8 Å². The average Bonchev–Trinajstić information content (AvgIpc) is 3.24. The number of rotatable bonds is 9. The lowest BCUT2D eigenvalue weighted by molar-refractivity contribution is -0.174. The molecule has 3 N–H and O–H groups in total. The molecule has 2 fully saturated rings. The van der Waals surface area contributed by atoms with Gasteiger partial charge in [0.05, 0.1) is 13.2 Å². The van der Waals surface area contributed by atoms with Crippen molar-refractivity contribution in [2.45, 2.75) is 32.2 Å². The zero-order chi connectivity index (χ0) is 26.5. The Morgan fingerprint density at radius 2 is 2.00 bits per heavy atom. The molecule has 2 saturated heterocycles. The van der Waals surface area contributed by atoms with Crippen LogP contribution in [0.15, 0.2) is 18.6 Å². The van der Waals surface area contributed by atoms with Crippen molar-refractivity contribution < 1.29 is 17.9 Å². The monoisotopic (exact) mass is 535 g/mol. The van der Waals surface area contributed by atoms with Gasteiger partial charge in [-0.05, 0) is 13.0 Å². The Morgan fingerprint density at radius 1 is 1.16 bits per heavy atom.